The molecule has 33 heavy (non-hydrogen) atoms. The Hall–Kier alpha value is -4.51. The first-order valence-corrected chi connectivity index (χ1v) is 11.0. The lowest BCUT2D eigenvalue weighted by molar-refractivity contribution is 1.00. The van der Waals surface area contributed by atoms with Gasteiger partial charge < -0.3 is 9.55 Å². The summed E-state index contributed by atoms with van der Waals surface area (Å²) in [7, 11) is 0. The molecule has 156 valence electrons. The van der Waals surface area contributed by atoms with Crippen LogP contribution in [0.4, 0.5) is 0 Å². The molecule has 0 saturated carbocycles. The highest BCUT2D eigenvalue weighted by Crippen LogP contribution is 2.35. The molecule has 0 radical (unpaired) electrons. The molecule has 1 aliphatic rings. The lowest BCUT2D eigenvalue weighted by Crippen LogP contribution is -1.99. The summed E-state index contributed by atoms with van der Waals surface area (Å²) >= 11 is 0. The van der Waals surface area contributed by atoms with E-state index in [-0.39, 0.29) is 0 Å². The van der Waals surface area contributed by atoms with Crippen LogP contribution in [0.1, 0.15) is 11.3 Å². The van der Waals surface area contributed by atoms with Crippen LogP contribution < -0.4 is 0 Å². The van der Waals surface area contributed by atoms with Crippen LogP contribution in [0.5, 0.6) is 0 Å². The number of hydrogen-bond acceptors (Lipinski definition) is 3. The molecule has 5 heteroatoms. The van der Waals surface area contributed by atoms with E-state index in [0.717, 1.165) is 39.9 Å². The monoisotopic (exact) mass is 425 g/mol. The van der Waals surface area contributed by atoms with E-state index < -0.39 is 0 Å². The minimum absolute atomic E-state index is 0.816. The van der Waals surface area contributed by atoms with Crippen molar-refractivity contribution in [2.45, 2.75) is 6.42 Å². The van der Waals surface area contributed by atoms with Crippen molar-refractivity contribution in [1.82, 2.24) is 24.5 Å². The molecule has 7 rings (SSSR count). The average molecular weight is 425 g/mol. The molecule has 3 aromatic carbocycles. The molecule has 0 aliphatic heterocycles. The fraction of sp³-hybridized carbons (Fsp3) is 0.0357. The number of rotatable bonds is 2. The second-order valence-electron chi connectivity index (χ2n) is 8.23. The quantitative estimate of drug-likeness (QED) is 0.357. The van der Waals surface area contributed by atoms with Gasteiger partial charge >= 0.3 is 0 Å². The van der Waals surface area contributed by atoms with Crippen molar-refractivity contribution in [3.8, 4) is 17.1 Å². The van der Waals surface area contributed by atoms with Crippen molar-refractivity contribution in [2.24, 2.45) is 0 Å². The number of allylic oxidation sites excluding steroid dienone is 3. The smallest absolute Gasteiger partial charge is 0.138 e. The van der Waals surface area contributed by atoms with E-state index in [1.54, 1.807) is 12.4 Å². The van der Waals surface area contributed by atoms with Crippen LogP contribution in [0.15, 0.2) is 91.3 Å². The summed E-state index contributed by atoms with van der Waals surface area (Å²) in [6.45, 7) is 0. The Bertz CT molecular complexity index is 1740. The van der Waals surface area contributed by atoms with Crippen LogP contribution in [-0.2, 0) is 6.42 Å². The van der Waals surface area contributed by atoms with Crippen molar-refractivity contribution in [3.63, 3.8) is 0 Å². The third-order valence-electron chi connectivity index (χ3n) is 6.31. The molecule has 3 heterocycles. The number of benzene rings is 3. The van der Waals surface area contributed by atoms with Gasteiger partial charge in [0.25, 0.3) is 0 Å². The first-order chi connectivity index (χ1) is 16.4. The Morgan fingerprint density at radius 1 is 0.848 bits per heavy atom. The van der Waals surface area contributed by atoms with Gasteiger partial charge in [0.15, 0.2) is 0 Å². The Morgan fingerprint density at radius 3 is 2.70 bits per heavy atom. The Kier molecular flexibility index (Phi) is 3.84. The number of imidazole rings is 1. The zero-order valence-corrected chi connectivity index (χ0v) is 17.7. The third kappa shape index (κ3) is 2.76. The van der Waals surface area contributed by atoms with Crippen LogP contribution in [0.25, 0.3) is 56.1 Å². The first kappa shape index (κ1) is 18.1. The van der Waals surface area contributed by atoms with Crippen LogP contribution in [0, 0.1) is 0 Å². The number of aromatic nitrogens is 5. The van der Waals surface area contributed by atoms with Gasteiger partial charge in [-0.2, -0.15) is 0 Å². The highest BCUT2D eigenvalue weighted by atomic mass is 15.0. The second-order valence-corrected chi connectivity index (χ2v) is 8.23. The van der Waals surface area contributed by atoms with Crippen molar-refractivity contribution < 1.29 is 0 Å². The summed E-state index contributed by atoms with van der Waals surface area (Å²) in [5, 5.41) is 1.22. The van der Waals surface area contributed by atoms with Gasteiger partial charge in [-0.1, -0.05) is 42.5 Å². The van der Waals surface area contributed by atoms with Gasteiger partial charge in [-0.05, 0) is 42.5 Å². The molecule has 0 fully saturated rings. The van der Waals surface area contributed by atoms with E-state index in [1.807, 2.05) is 12.1 Å². The maximum absolute atomic E-state index is 4.92. The van der Waals surface area contributed by atoms with Gasteiger partial charge in [-0.15, -0.1) is 0 Å². The van der Waals surface area contributed by atoms with Gasteiger partial charge in [-0.25, -0.2) is 4.98 Å². The first-order valence-electron chi connectivity index (χ1n) is 11.0. The highest BCUT2D eigenvalue weighted by molar-refractivity contribution is 6.01. The summed E-state index contributed by atoms with van der Waals surface area (Å²) in [5.74, 6) is 0.835. The van der Waals surface area contributed by atoms with Gasteiger partial charge in [0.1, 0.15) is 16.9 Å². The number of aromatic amines is 1. The van der Waals surface area contributed by atoms with Crippen molar-refractivity contribution in [1.29, 1.82) is 0 Å². The van der Waals surface area contributed by atoms with Gasteiger partial charge in [0.05, 0.1) is 16.6 Å². The molecule has 0 spiro atoms. The zero-order chi connectivity index (χ0) is 21.8. The number of para-hydroxylation sites is 1. The molecule has 6 aromatic rings. The number of fused-ring (bicyclic) bond motifs is 6. The Labute approximate surface area is 189 Å². The fourth-order valence-electron chi connectivity index (χ4n) is 4.82. The summed E-state index contributed by atoms with van der Waals surface area (Å²) in [6, 6.07) is 21.2. The molecule has 1 aliphatic carbocycles. The minimum atomic E-state index is 0.816. The largest absolute Gasteiger partial charge is 0.338 e. The molecule has 3 aromatic heterocycles. The maximum atomic E-state index is 4.92. The van der Waals surface area contributed by atoms with E-state index in [1.165, 1.54) is 27.8 Å². The van der Waals surface area contributed by atoms with Gasteiger partial charge in [0.2, 0.25) is 0 Å². The van der Waals surface area contributed by atoms with Crippen LogP contribution in [0.2, 0.25) is 0 Å². The molecule has 1 N–H and O–H groups in total. The van der Waals surface area contributed by atoms with Crippen molar-refractivity contribution in [3.05, 3.63) is 103 Å². The summed E-state index contributed by atoms with van der Waals surface area (Å²) in [5.41, 5.74) is 9.45. The van der Waals surface area contributed by atoms with Gasteiger partial charge in [-0.3, -0.25) is 9.97 Å². The second kappa shape index (κ2) is 7.00. The third-order valence-corrected chi connectivity index (χ3v) is 6.31. The van der Waals surface area contributed by atoms with E-state index in [4.69, 9.17) is 4.98 Å². The molecule has 0 atom stereocenters. The zero-order valence-electron chi connectivity index (χ0n) is 17.7. The standard InChI is InChI=1S/C28H19N5/c1-3-7-19(8-4-1)33-24-10-6-2-5-9-20(24)21-17-18(11-14-25(21)33)28-31-23-13-12-22-26(27(23)32-28)30-16-15-29-22/h1-9,11-17H,10H2,(H,31,32). The molecule has 0 amide bonds. The molecular formula is C28H19N5. The van der Waals surface area contributed by atoms with E-state index in [0.29, 0.717) is 0 Å². The predicted molar refractivity (Wildman–Crippen MR) is 133 cm³/mol. The predicted octanol–water partition coefficient (Wildman–Crippen LogP) is 6.24. The van der Waals surface area contributed by atoms with Gasteiger partial charge in [0, 0.05) is 46.7 Å². The molecule has 5 nitrogen and oxygen atoms in total. The molecule has 0 unspecified atom stereocenters. The average Bonchev–Trinajstić information content (AvgIpc) is 3.35. The summed E-state index contributed by atoms with van der Waals surface area (Å²) < 4.78 is 2.37. The highest BCUT2D eigenvalue weighted by Gasteiger charge is 2.18. The number of H-pyrrole nitrogens is 1. The Balaban J connectivity index is 1.47. The van der Waals surface area contributed by atoms with Crippen molar-refractivity contribution in [2.75, 3.05) is 0 Å². The van der Waals surface area contributed by atoms with E-state index >= 15 is 0 Å². The molecule has 0 bridgehead atoms. The van der Waals surface area contributed by atoms with Crippen LogP contribution in [0.3, 0.4) is 0 Å². The normalized spacial score (nSPS) is 13.1. The lowest BCUT2D eigenvalue weighted by Gasteiger charge is -2.10. The SMILES string of the molecule is C1=CCc2c(c3cc(-c4nc5c(ccc6nccnc65)[nH]4)ccc3n2-c2ccccc2)C=C1. The number of hydrogen-bond donors (Lipinski definition) is 1. The number of nitrogens with zero attached hydrogens (tertiary/aromatic N) is 4. The summed E-state index contributed by atoms with van der Waals surface area (Å²) in [4.78, 5) is 17.3. The lowest BCUT2D eigenvalue weighted by atomic mass is 10.1. The number of nitrogens with one attached hydrogen (secondary N) is 1. The minimum Gasteiger partial charge on any atom is -0.338 e. The topological polar surface area (TPSA) is 59.4 Å². The van der Waals surface area contributed by atoms with Crippen molar-refractivity contribution >= 4 is 39.0 Å². The maximum Gasteiger partial charge on any atom is 0.138 e. The summed E-state index contributed by atoms with van der Waals surface area (Å²) in [6.07, 6.45) is 13.0. The molecular weight excluding hydrogens is 406 g/mol. The van der Waals surface area contributed by atoms with Crippen LogP contribution >= 0.6 is 0 Å². The van der Waals surface area contributed by atoms with E-state index in [9.17, 15) is 0 Å². The fourth-order valence-corrected chi connectivity index (χ4v) is 4.82. The van der Waals surface area contributed by atoms with Crippen LogP contribution in [-0.4, -0.2) is 24.5 Å². The molecule has 0 saturated heterocycles. The van der Waals surface area contributed by atoms with E-state index in [2.05, 4.69) is 92.4 Å². The Morgan fingerprint density at radius 2 is 1.76 bits per heavy atom.